The van der Waals surface area contributed by atoms with Gasteiger partial charge in [-0.3, -0.25) is 0 Å². The molecule has 0 saturated carbocycles. The predicted molar refractivity (Wildman–Crippen MR) is 312 cm³/mol. The van der Waals surface area contributed by atoms with Crippen molar-refractivity contribution in [2.45, 2.75) is 26.2 Å². The average molecular weight is 958 g/mol. The van der Waals surface area contributed by atoms with Gasteiger partial charge in [-0.15, -0.1) is 11.3 Å². The zero-order valence-electron chi connectivity index (χ0n) is 41.0. The summed E-state index contributed by atoms with van der Waals surface area (Å²) in [4.78, 5) is 7.10. The van der Waals surface area contributed by atoms with Crippen LogP contribution in [0.15, 0.2) is 248 Å². The lowest BCUT2D eigenvalue weighted by Crippen LogP contribution is -2.15. The van der Waals surface area contributed by atoms with Crippen molar-refractivity contribution >= 4 is 111 Å². The van der Waals surface area contributed by atoms with Crippen molar-refractivity contribution in [3.8, 4) is 11.1 Å². The summed E-state index contributed by atoms with van der Waals surface area (Å²) in [6.07, 6.45) is 5.98. The van der Waals surface area contributed by atoms with Crippen molar-refractivity contribution in [2.24, 2.45) is 0 Å². The van der Waals surface area contributed by atoms with Crippen LogP contribution in [0.25, 0.3) is 59.3 Å². The fraction of sp³-hybridized carbons (Fsp3) is 0.0588. The Morgan fingerprint density at radius 2 is 0.836 bits per heavy atom. The summed E-state index contributed by atoms with van der Waals surface area (Å²) in [5.41, 5.74) is 19.0. The highest BCUT2D eigenvalue weighted by Gasteiger charge is 2.35. The van der Waals surface area contributed by atoms with Gasteiger partial charge in [0.15, 0.2) is 0 Å². The summed E-state index contributed by atoms with van der Waals surface area (Å²) < 4.78 is 9.16. The van der Waals surface area contributed by atoms with E-state index in [0.29, 0.717) is 0 Å². The molecule has 0 amide bonds. The summed E-state index contributed by atoms with van der Waals surface area (Å²) in [6, 6.07) is 81.5. The third kappa shape index (κ3) is 7.60. The largest absolute Gasteiger partial charge is 0.456 e. The average Bonchev–Trinajstić information content (AvgIpc) is 4.06. The lowest BCUT2D eigenvalue weighted by Gasteiger charge is -2.27. The Morgan fingerprint density at radius 1 is 0.411 bits per heavy atom. The van der Waals surface area contributed by atoms with Crippen LogP contribution in [0.3, 0.4) is 0 Å². The van der Waals surface area contributed by atoms with Crippen LogP contribution >= 0.6 is 11.3 Å². The highest BCUT2D eigenvalue weighted by Crippen LogP contribution is 2.51. The van der Waals surface area contributed by atoms with E-state index >= 15 is 0 Å². The highest BCUT2D eigenvalue weighted by molar-refractivity contribution is 7.25. The molecule has 350 valence electrons. The highest BCUT2D eigenvalue weighted by atomic mass is 32.1. The minimum Gasteiger partial charge on any atom is -0.456 e. The number of hydrogen-bond donors (Lipinski definition) is 0. The molecule has 0 spiro atoms. The molecule has 0 unspecified atom stereocenters. The molecule has 0 saturated heterocycles. The molecule has 0 radical (unpaired) electrons. The number of benzene rings is 10. The molecule has 0 aliphatic heterocycles. The van der Waals surface area contributed by atoms with Gasteiger partial charge in [-0.05, 0) is 174 Å². The number of hydrogen-bond acceptors (Lipinski definition) is 5. The minimum absolute atomic E-state index is 0.0789. The van der Waals surface area contributed by atoms with Crippen molar-refractivity contribution in [2.75, 3.05) is 14.7 Å². The normalized spacial score (nSPS) is 12.7. The van der Waals surface area contributed by atoms with E-state index in [-0.39, 0.29) is 5.41 Å². The summed E-state index contributed by atoms with van der Waals surface area (Å²) in [5, 5.41) is 4.53. The zero-order valence-corrected chi connectivity index (χ0v) is 41.8. The molecule has 13 rings (SSSR count). The van der Waals surface area contributed by atoms with Crippen molar-refractivity contribution in [1.29, 1.82) is 0 Å². The maximum atomic E-state index is 6.68. The number of furan rings is 1. The number of nitrogens with zero attached hydrogens (tertiary/aromatic N) is 3. The Hall–Kier alpha value is -8.90. The van der Waals surface area contributed by atoms with E-state index in [1.54, 1.807) is 0 Å². The quantitative estimate of drug-likeness (QED) is 0.121. The van der Waals surface area contributed by atoms with Gasteiger partial charge in [0, 0.05) is 87.5 Å². The van der Waals surface area contributed by atoms with Crippen molar-refractivity contribution in [3.63, 3.8) is 0 Å². The zero-order chi connectivity index (χ0) is 49.2. The summed E-state index contributed by atoms with van der Waals surface area (Å²) in [7, 11) is 0. The Kier molecular flexibility index (Phi) is 10.7. The fourth-order valence-corrected chi connectivity index (χ4v) is 12.2. The van der Waals surface area contributed by atoms with Crippen LogP contribution in [0.1, 0.15) is 36.1 Å². The number of fused-ring (bicyclic) bond motifs is 9. The van der Waals surface area contributed by atoms with E-state index in [4.69, 9.17) is 4.42 Å². The SMILES string of the molecule is C=C/C=C\c1cc(N(c2ccc3oc4ccc(N(c5ccccc5)c5ccc6c(c5)-c5ccccc5C6(C)C)cc4c3c2)c2ccc3sc4ccc(N(c5ccccc5)c5ccccc5)cc4c3c2)ccc1C. The molecule has 10 aromatic carbocycles. The Bertz CT molecular complexity index is 4070. The molecular formula is C68H51N3OS. The topological polar surface area (TPSA) is 22.9 Å². The second-order valence-electron chi connectivity index (χ2n) is 19.5. The third-order valence-electron chi connectivity index (χ3n) is 14.7. The second-order valence-corrected chi connectivity index (χ2v) is 20.6. The number of anilines is 9. The third-order valence-corrected chi connectivity index (χ3v) is 15.9. The van der Waals surface area contributed by atoms with Crippen LogP contribution in [0.4, 0.5) is 51.2 Å². The predicted octanol–water partition coefficient (Wildman–Crippen LogP) is 20.2. The smallest absolute Gasteiger partial charge is 0.135 e. The van der Waals surface area contributed by atoms with Gasteiger partial charge in [0.1, 0.15) is 11.2 Å². The molecule has 5 heteroatoms. The van der Waals surface area contributed by atoms with E-state index in [2.05, 4.69) is 273 Å². The van der Waals surface area contributed by atoms with Crippen LogP contribution in [0.2, 0.25) is 0 Å². The van der Waals surface area contributed by atoms with E-state index in [1.165, 1.54) is 48.0 Å². The maximum Gasteiger partial charge on any atom is 0.135 e. The summed E-state index contributed by atoms with van der Waals surface area (Å²) in [6.45, 7) is 10.8. The molecule has 1 aliphatic carbocycles. The van der Waals surface area contributed by atoms with Crippen LogP contribution < -0.4 is 14.7 Å². The number of thiophene rings is 1. The summed E-state index contributed by atoms with van der Waals surface area (Å²) >= 11 is 1.83. The van der Waals surface area contributed by atoms with Crippen LogP contribution in [-0.2, 0) is 5.41 Å². The van der Waals surface area contributed by atoms with Crippen molar-refractivity contribution in [3.05, 3.63) is 265 Å². The molecule has 73 heavy (non-hydrogen) atoms. The monoisotopic (exact) mass is 957 g/mol. The lowest BCUT2D eigenvalue weighted by molar-refractivity contribution is 0.660. The van der Waals surface area contributed by atoms with Gasteiger partial charge in [0.2, 0.25) is 0 Å². The Balaban J connectivity index is 0.965. The maximum absolute atomic E-state index is 6.68. The molecular weight excluding hydrogens is 907 g/mol. The molecule has 0 bridgehead atoms. The molecule has 1 aliphatic rings. The van der Waals surface area contributed by atoms with Gasteiger partial charge in [0.25, 0.3) is 0 Å². The van der Waals surface area contributed by atoms with E-state index in [9.17, 15) is 0 Å². The molecule has 4 nitrogen and oxygen atoms in total. The Morgan fingerprint density at radius 3 is 1.40 bits per heavy atom. The first kappa shape index (κ1) is 44.1. The van der Waals surface area contributed by atoms with E-state index < -0.39 is 0 Å². The van der Waals surface area contributed by atoms with Gasteiger partial charge in [-0.25, -0.2) is 0 Å². The molecule has 12 aromatic rings. The van der Waals surface area contributed by atoms with E-state index in [1.807, 2.05) is 23.5 Å². The molecule has 0 N–H and O–H groups in total. The fourth-order valence-electron chi connectivity index (χ4n) is 11.1. The van der Waals surface area contributed by atoms with Gasteiger partial charge >= 0.3 is 0 Å². The summed E-state index contributed by atoms with van der Waals surface area (Å²) in [5.74, 6) is 0. The number of allylic oxidation sites excluding steroid dienone is 2. The van der Waals surface area contributed by atoms with Crippen molar-refractivity contribution in [1.82, 2.24) is 0 Å². The van der Waals surface area contributed by atoms with Gasteiger partial charge < -0.3 is 19.1 Å². The number of aryl methyl sites for hydroxylation is 1. The molecule has 0 atom stereocenters. The molecule has 2 aromatic heterocycles. The molecule has 2 heterocycles. The number of rotatable bonds is 11. The van der Waals surface area contributed by atoms with Crippen LogP contribution in [0.5, 0.6) is 0 Å². The van der Waals surface area contributed by atoms with E-state index in [0.717, 1.165) is 78.7 Å². The first-order valence-electron chi connectivity index (χ1n) is 24.9. The first-order chi connectivity index (χ1) is 35.8. The van der Waals surface area contributed by atoms with Gasteiger partial charge in [0.05, 0.1) is 0 Å². The Labute approximate surface area is 430 Å². The minimum atomic E-state index is -0.0789. The standard InChI is InChI=1S/C68H51N3OS/c1-5-6-18-46-39-50(28-27-45(46)2)71(55-33-38-67-61(44-55)60-43-54(32-37-66(60)73-67)69(47-19-10-7-11-20-47)48-21-12-8-13-22-48)53-31-36-65-59(42-53)58-41-52(30-35-64(58)72-65)70(49-23-14-9-15-24-49)51-29-34-63-57(40-51)56-25-16-17-26-62(56)68(63,3)4/h5-44H,1H2,2-4H3/b18-6-. The second kappa shape index (κ2) is 17.7. The molecule has 0 fully saturated rings. The van der Waals surface area contributed by atoms with Gasteiger partial charge in [-0.1, -0.05) is 130 Å². The van der Waals surface area contributed by atoms with Crippen LogP contribution in [0, 0.1) is 6.92 Å². The lowest BCUT2D eigenvalue weighted by atomic mass is 9.82. The van der Waals surface area contributed by atoms with Crippen LogP contribution in [-0.4, -0.2) is 0 Å². The van der Waals surface area contributed by atoms with Crippen molar-refractivity contribution < 1.29 is 4.42 Å². The number of para-hydroxylation sites is 3. The van der Waals surface area contributed by atoms with Gasteiger partial charge in [-0.2, -0.15) is 0 Å². The first-order valence-corrected chi connectivity index (χ1v) is 25.7.